The average molecular weight is 581 g/mol. The van der Waals surface area contributed by atoms with Crippen molar-refractivity contribution in [2.45, 2.75) is 39.2 Å². The SMILES string of the molecule is N=S(=O)(NC1CN(CCO)CC(N2c3ccccc3Sc3ccccc32)C1O)c1ccc(OC(F)(F)F)cc1. The van der Waals surface area contributed by atoms with Gasteiger partial charge in [0.15, 0.2) is 0 Å². The van der Waals surface area contributed by atoms with E-state index in [-0.39, 0.29) is 18.0 Å². The zero-order valence-corrected chi connectivity index (χ0v) is 22.2. The molecule has 13 heteroatoms. The van der Waals surface area contributed by atoms with Crippen molar-refractivity contribution in [2.24, 2.45) is 0 Å². The number of benzene rings is 3. The van der Waals surface area contributed by atoms with Crippen LogP contribution >= 0.6 is 11.8 Å². The van der Waals surface area contributed by atoms with Gasteiger partial charge in [-0.1, -0.05) is 36.0 Å². The van der Waals surface area contributed by atoms with E-state index in [1.54, 1.807) is 11.8 Å². The molecule has 39 heavy (non-hydrogen) atoms. The van der Waals surface area contributed by atoms with Crippen LogP contribution in [0.2, 0.25) is 0 Å². The number of nitrogens with one attached hydrogen (secondary N) is 2. The van der Waals surface area contributed by atoms with Gasteiger partial charge in [0.05, 0.1) is 41.1 Å². The second kappa shape index (κ2) is 11.0. The third-order valence-corrected chi connectivity index (χ3v) is 9.33. The van der Waals surface area contributed by atoms with Crippen molar-refractivity contribution in [3.8, 4) is 5.75 Å². The van der Waals surface area contributed by atoms with Gasteiger partial charge in [-0.2, -0.15) is 0 Å². The Balaban J connectivity index is 1.45. The van der Waals surface area contributed by atoms with E-state index in [2.05, 4.69) is 14.4 Å². The quantitative estimate of drug-likeness (QED) is 0.332. The number of piperidine rings is 1. The number of ether oxygens (including phenoxy) is 1. The van der Waals surface area contributed by atoms with Crippen molar-refractivity contribution in [1.29, 1.82) is 4.78 Å². The Hall–Kier alpha value is -2.81. The summed E-state index contributed by atoms with van der Waals surface area (Å²) in [5.41, 5.74) is 1.81. The molecule has 4 unspecified atom stereocenters. The number of rotatable bonds is 7. The van der Waals surface area contributed by atoms with E-state index in [0.717, 1.165) is 45.4 Å². The molecule has 2 aliphatic heterocycles. The molecule has 1 saturated heterocycles. The number of aliphatic hydroxyl groups excluding tert-OH is 2. The molecular weight excluding hydrogens is 553 g/mol. The maximum Gasteiger partial charge on any atom is 0.573 e. The number of anilines is 2. The van der Waals surface area contributed by atoms with Crippen LogP contribution in [0.15, 0.2) is 87.5 Å². The third kappa shape index (κ3) is 6.03. The Kier molecular flexibility index (Phi) is 7.82. The Morgan fingerprint density at radius 2 is 1.59 bits per heavy atom. The van der Waals surface area contributed by atoms with Crippen molar-refractivity contribution in [3.63, 3.8) is 0 Å². The van der Waals surface area contributed by atoms with Crippen LogP contribution < -0.4 is 14.4 Å². The summed E-state index contributed by atoms with van der Waals surface area (Å²) >= 11 is 1.63. The van der Waals surface area contributed by atoms with Crippen molar-refractivity contribution in [3.05, 3.63) is 72.8 Å². The number of halogens is 3. The van der Waals surface area contributed by atoms with Gasteiger partial charge < -0.3 is 19.8 Å². The average Bonchev–Trinajstić information content (AvgIpc) is 2.88. The molecule has 0 saturated carbocycles. The monoisotopic (exact) mass is 580 g/mol. The topological polar surface area (TPSA) is 109 Å². The van der Waals surface area contributed by atoms with E-state index in [4.69, 9.17) is 4.78 Å². The second-order valence-corrected chi connectivity index (χ2v) is 12.2. The maximum absolute atomic E-state index is 13.4. The summed E-state index contributed by atoms with van der Waals surface area (Å²) in [6.07, 6.45) is -5.95. The number of likely N-dealkylation sites (tertiary alicyclic amines) is 1. The smallest absolute Gasteiger partial charge is 0.406 e. The molecule has 2 heterocycles. The molecule has 0 radical (unpaired) electrons. The molecular formula is C26H27F3N4O4S2. The summed E-state index contributed by atoms with van der Waals surface area (Å²) in [5.74, 6) is -0.492. The highest BCUT2D eigenvalue weighted by molar-refractivity contribution is 7.99. The van der Waals surface area contributed by atoms with E-state index in [1.165, 1.54) is 0 Å². The predicted molar refractivity (Wildman–Crippen MR) is 142 cm³/mol. The Bertz CT molecular complexity index is 1380. The number of alkyl halides is 3. The summed E-state index contributed by atoms with van der Waals surface area (Å²) in [6.45, 7) is 0.774. The minimum Gasteiger partial charge on any atom is -0.406 e. The Morgan fingerprint density at radius 3 is 2.15 bits per heavy atom. The maximum atomic E-state index is 13.4. The summed E-state index contributed by atoms with van der Waals surface area (Å²) in [5, 5.41) is 21.3. The lowest BCUT2D eigenvalue weighted by molar-refractivity contribution is -0.274. The van der Waals surface area contributed by atoms with Crippen LogP contribution in [0.5, 0.6) is 5.75 Å². The summed E-state index contributed by atoms with van der Waals surface area (Å²) < 4.78 is 66.1. The van der Waals surface area contributed by atoms with Gasteiger partial charge in [-0.25, -0.2) is 13.7 Å². The van der Waals surface area contributed by atoms with Crippen LogP contribution in [0.4, 0.5) is 24.5 Å². The van der Waals surface area contributed by atoms with E-state index in [9.17, 15) is 27.6 Å². The van der Waals surface area contributed by atoms with Crippen molar-refractivity contribution in [2.75, 3.05) is 31.1 Å². The summed E-state index contributed by atoms with van der Waals surface area (Å²) in [4.78, 5) is 5.96. The van der Waals surface area contributed by atoms with Crippen molar-refractivity contribution < 1.29 is 32.3 Å². The first-order valence-corrected chi connectivity index (χ1v) is 14.5. The van der Waals surface area contributed by atoms with Crippen LogP contribution in [0.25, 0.3) is 0 Å². The van der Waals surface area contributed by atoms with Gasteiger partial charge in [0.25, 0.3) is 0 Å². The number of fused-ring (bicyclic) bond motifs is 2. The molecule has 208 valence electrons. The van der Waals surface area contributed by atoms with Gasteiger partial charge in [-0.05, 0) is 48.5 Å². The van der Waals surface area contributed by atoms with Crippen LogP contribution in [-0.2, 0) is 9.92 Å². The molecule has 4 atom stereocenters. The summed E-state index contributed by atoms with van der Waals surface area (Å²) in [6, 6.07) is 18.6. The van der Waals surface area contributed by atoms with E-state index in [1.807, 2.05) is 53.4 Å². The van der Waals surface area contributed by atoms with Crippen LogP contribution in [-0.4, -0.2) is 70.1 Å². The molecule has 5 rings (SSSR count). The fourth-order valence-corrected chi connectivity index (χ4v) is 7.34. The molecule has 4 N–H and O–H groups in total. The molecule has 0 aromatic heterocycles. The molecule has 0 bridgehead atoms. The number of β-amino-alcohol motifs (C(OH)–C–C–N with tert-alkyl or cyclic N) is 1. The molecule has 8 nitrogen and oxygen atoms in total. The van der Waals surface area contributed by atoms with E-state index >= 15 is 0 Å². The minimum atomic E-state index is -4.87. The highest BCUT2D eigenvalue weighted by Crippen LogP contribution is 2.49. The van der Waals surface area contributed by atoms with Crippen molar-refractivity contribution in [1.82, 2.24) is 9.62 Å². The summed E-state index contributed by atoms with van der Waals surface area (Å²) in [7, 11) is -3.73. The highest BCUT2D eigenvalue weighted by atomic mass is 32.2. The third-order valence-electron chi connectivity index (χ3n) is 6.63. The molecule has 0 aliphatic carbocycles. The Morgan fingerprint density at radius 1 is 1.00 bits per heavy atom. The number of hydrogen-bond donors (Lipinski definition) is 4. The lowest BCUT2D eigenvalue weighted by atomic mass is 9.95. The normalized spacial score (nSPS) is 23.0. The highest BCUT2D eigenvalue weighted by Gasteiger charge is 2.42. The first kappa shape index (κ1) is 27.7. The lowest BCUT2D eigenvalue weighted by Gasteiger charge is -2.48. The van der Waals surface area contributed by atoms with Crippen LogP contribution in [0.3, 0.4) is 0 Å². The number of nitrogens with zero attached hydrogens (tertiary/aromatic N) is 2. The molecule has 0 spiro atoms. The molecule has 0 amide bonds. The number of hydrogen-bond acceptors (Lipinski definition) is 8. The molecule has 1 fully saturated rings. The fraction of sp³-hybridized carbons (Fsp3) is 0.308. The van der Waals surface area contributed by atoms with Crippen molar-refractivity contribution >= 4 is 33.1 Å². The predicted octanol–water partition coefficient (Wildman–Crippen LogP) is 4.20. The molecule has 3 aromatic rings. The van der Waals surface area contributed by atoms with Crippen LogP contribution in [0.1, 0.15) is 0 Å². The lowest BCUT2D eigenvalue weighted by Crippen LogP contribution is -2.65. The zero-order valence-electron chi connectivity index (χ0n) is 20.5. The van der Waals surface area contributed by atoms with Gasteiger partial charge in [0.2, 0.25) is 0 Å². The van der Waals surface area contributed by atoms with E-state index < -0.39 is 40.2 Å². The minimum absolute atomic E-state index is 0.0508. The Labute approximate surface area is 228 Å². The molecule has 3 aromatic carbocycles. The first-order valence-electron chi connectivity index (χ1n) is 12.1. The number of aliphatic hydroxyl groups is 2. The van der Waals surface area contributed by atoms with Gasteiger partial charge in [0.1, 0.15) is 15.7 Å². The largest absolute Gasteiger partial charge is 0.573 e. The zero-order chi connectivity index (χ0) is 27.8. The van der Waals surface area contributed by atoms with Gasteiger partial charge >= 0.3 is 6.36 Å². The second-order valence-electron chi connectivity index (χ2n) is 9.25. The van der Waals surface area contributed by atoms with Gasteiger partial charge in [-0.3, -0.25) is 4.90 Å². The van der Waals surface area contributed by atoms with Gasteiger partial charge in [-0.15, -0.1) is 13.2 Å². The standard InChI is InChI=1S/C26H27F3N4O4S2/c27-26(28,29)37-17-9-11-18(12-10-17)39(30,36)31-19-15-32(13-14-34)16-22(25(19)35)33-20-5-1-3-7-23(20)38-24-8-4-2-6-21(24)33/h1-12,19,22,25,34-35H,13-16H2,(H2,30,31,36). The van der Waals surface area contributed by atoms with Gasteiger partial charge in [0, 0.05) is 29.4 Å². The fourth-order valence-electron chi connectivity index (χ4n) is 4.97. The van der Waals surface area contributed by atoms with Crippen LogP contribution in [0, 0.1) is 4.78 Å². The number of para-hydroxylation sites is 2. The van der Waals surface area contributed by atoms with E-state index in [0.29, 0.717) is 13.1 Å². The first-order chi connectivity index (χ1) is 18.6. The molecule has 2 aliphatic rings.